The highest BCUT2D eigenvalue weighted by Gasteiger charge is 2.31. The van der Waals surface area contributed by atoms with Crippen LogP contribution < -0.4 is 5.43 Å². The summed E-state index contributed by atoms with van der Waals surface area (Å²) in [4.78, 5) is 28.9. The first-order valence-corrected chi connectivity index (χ1v) is 15.6. The standard InChI is InChI=1S/C41H40F5N3O3S/c1-27-22-29(28-12-14-32(15-13-28)41(44,45)46)10-11-30(27)24-48(33-16-18-47(19-17-33)20-21-52-2)38(51)25-49-36-9-4-3-7-34(36)37(50)23-39(49)53-26-31-6-5-8-35(42)40(31)43/h3-15,22-23,33H,16-21,24-26H2,1-2H3/i3D,4D,5D,6D,7D,8D,9D,10D,11D,12D,13D,14D,15D,16D2,17D2,18D2,19D2,22D,23D,24D2,26D2,33D. The van der Waals surface area contributed by atoms with Crippen LogP contribution in [0.2, 0.25) is 0 Å². The first-order chi connectivity index (χ1) is 36.6. The van der Waals surface area contributed by atoms with E-state index in [1.807, 2.05) is 0 Å². The van der Waals surface area contributed by atoms with Crippen LogP contribution >= 0.6 is 11.8 Å². The Morgan fingerprint density at radius 3 is 2.43 bits per heavy atom. The molecule has 1 aliphatic heterocycles. The van der Waals surface area contributed by atoms with Gasteiger partial charge in [-0.3, -0.25) is 9.59 Å². The fourth-order valence-electron chi connectivity index (χ4n) is 4.35. The number of carbonyl (C=O) groups excluding carboxylic acids is 1. The summed E-state index contributed by atoms with van der Waals surface area (Å²) in [6.07, 6.45) is -14.7. The van der Waals surface area contributed by atoms with Crippen molar-refractivity contribution in [1.82, 2.24) is 14.4 Å². The molecule has 53 heavy (non-hydrogen) atoms. The normalized spacial score (nSPS) is 26.7. The van der Waals surface area contributed by atoms with Gasteiger partial charge in [-0.05, 0) is 72.1 Å². The highest BCUT2D eigenvalue weighted by atomic mass is 32.2. The lowest BCUT2D eigenvalue weighted by Crippen LogP contribution is -2.48. The number of likely N-dealkylation sites (tertiary alicyclic amines) is 1. The number of pyridine rings is 1. The average Bonchev–Trinajstić information content (AvgIpc) is 3.34. The number of methoxy groups -OCH3 is 1. The first kappa shape index (κ1) is 16.5. The third-order valence-electron chi connectivity index (χ3n) is 6.94. The second-order valence-corrected chi connectivity index (χ2v) is 11.3. The lowest BCUT2D eigenvalue weighted by molar-refractivity contribution is -0.137. The second kappa shape index (κ2) is 16.7. The van der Waals surface area contributed by atoms with Gasteiger partial charge in [-0.15, -0.1) is 11.8 Å². The maximum Gasteiger partial charge on any atom is 0.416 e. The summed E-state index contributed by atoms with van der Waals surface area (Å²) in [5.41, 5.74) is -15.9. The Hall–Kier alpha value is -4.52. The van der Waals surface area contributed by atoms with Crippen LogP contribution in [0, 0.1) is 18.6 Å². The number of rotatable bonds is 12. The maximum absolute atomic E-state index is 15.8. The van der Waals surface area contributed by atoms with Crippen LogP contribution in [0.1, 0.15) is 73.4 Å². The average molecular weight is 778 g/mol. The van der Waals surface area contributed by atoms with Crippen molar-refractivity contribution in [3.05, 3.63) is 135 Å². The number of piperidine rings is 1. The lowest BCUT2D eigenvalue weighted by atomic mass is 9.97. The van der Waals surface area contributed by atoms with Crippen molar-refractivity contribution in [2.75, 3.05) is 33.3 Å². The number of amides is 1. The highest BCUT2D eigenvalue weighted by Crippen LogP contribution is 2.32. The minimum Gasteiger partial charge on any atom is -0.383 e. The summed E-state index contributed by atoms with van der Waals surface area (Å²) >= 11 is -0.641. The molecular weight excluding hydrogens is 710 g/mol. The molecule has 1 saturated heterocycles. The molecule has 0 unspecified atom stereocenters. The van der Waals surface area contributed by atoms with E-state index in [4.69, 9.17) is 33.5 Å². The molecule has 1 fully saturated rings. The van der Waals surface area contributed by atoms with Gasteiger partial charge in [-0.2, -0.15) is 13.2 Å². The Balaban J connectivity index is 1.81. The molecule has 4 aromatic carbocycles. The van der Waals surface area contributed by atoms with Gasteiger partial charge in [0.1, 0.15) is 6.54 Å². The van der Waals surface area contributed by atoms with Crippen molar-refractivity contribution >= 4 is 28.6 Å². The first-order valence-electron chi connectivity index (χ1n) is 28.8. The van der Waals surface area contributed by atoms with Crippen LogP contribution in [0.5, 0.6) is 0 Å². The molecule has 12 heteroatoms. The summed E-state index contributed by atoms with van der Waals surface area (Å²) in [5.74, 6) is -6.96. The SMILES string of the molecule is [2H]c1c([2H])c(F)c(F)c(C([2H])([2H])Sc2c([2H])c(=O)c3c([2H])c([2H])c([2H])c([2H])c3n2CC(=O)N(C([2H])([2H])c2c([2H])c([2H])c(-c3c([2H])c([2H])c(C(F)(F)F)c([2H])c3[2H])c([2H])c2C)C2([2H])C([2H])([2H])C([2H])([2H])N(CCOC)C([2H])([2H])C2([2H])[2H])c1[2H]. The molecule has 0 N–H and O–H groups in total. The van der Waals surface area contributed by atoms with Gasteiger partial charge in [-0.25, -0.2) is 8.78 Å². The molecule has 0 atom stereocenters. The number of nitrogens with zero attached hydrogens (tertiary/aromatic N) is 3. The maximum atomic E-state index is 15.8. The van der Waals surface area contributed by atoms with E-state index in [1.54, 1.807) is 0 Å². The number of hydrogen-bond acceptors (Lipinski definition) is 5. The molecule has 1 amide bonds. The smallest absolute Gasteiger partial charge is 0.383 e. The Morgan fingerprint density at radius 1 is 1.00 bits per heavy atom. The Morgan fingerprint density at radius 2 is 1.72 bits per heavy atom. The fraction of sp³-hybridized carbons (Fsp3) is 0.317. The fourth-order valence-corrected chi connectivity index (χ4v) is 5.10. The van der Waals surface area contributed by atoms with Crippen molar-refractivity contribution < 1.29 is 69.9 Å². The molecule has 0 spiro atoms. The van der Waals surface area contributed by atoms with E-state index in [2.05, 4.69) is 0 Å². The minimum absolute atomic E-state index is 0.0467. The van der Waals surface area contributed by atoms with E-state index >= 15 is 13.6 Å². The Kier molecular flexibility index (Phi) is 5.17. The number of hydrogen-bond donors (Lipinski definition) is 0. The topological polar surface area (TPSA) is 54.8 Å². The summed E-state index contributed by atoms with van der Waals surface area (Å²) < 4.78 is 325. The Bertz CT molecular complexity index is 3470. The molecule has 1 aromatic heterocycles. The van der Waals surface area contributed by atoms with Crippen LogP contribution in [-0.4, -0.2) is 59.5 Å². The zero-order chi connectivity index (χ0) is 62.4. The van der Waals surface area contributed by atoms with Crippen molar-refractivity contribution in [3.8, 4) is 11.1 Å². The third-order valence-corrected chi connectivity index (χ3v) is 7.76. The number of aromatic nitrogens is 1. The molecule has 6 nitrogen and oxygen atoms in total. The summed E-state index contributed by atoms with van der Waals surface area (Å²) in [5, 5.41) is -2.70. The predicted octanol–water partition coefficient (Wildman–Crippen LogP) is 8.71. The highest BCUT2D eigenvalue weighted by molar-refractivity contribution is 7.98. The van der Waals surface area contributed by atoms with Crippen molar-refractivity contribution in [2.45, 2.75) is 55.6 Å². The van der Waals surface area contributed by atoms with E-state index in [9.17, 15) is 27.6 Å². The quantitative estimate of drug-likeness (QED) is 0.0938. The zero-order valence-electron chi connectivity index (χ0n) is 55.0. The number of ether oxygens (including phenoxy) is 1. The summed E-state index contributed by atoms with van der Waals surface area (Å²) in [6.45, 7) is -16.1. The summed E-state index contributed by atoms with van der Waals surface area (Å²) in [6, 6.07) is -27.5. The molecule has 0 saturated carbocycles. The molecule has 0 bridgehead atoms. The number of alkyl halides is 3. The van der Waals surface area contributed by atoms with E-state index in [1.165, 1.54) is 0 Å². The number of fused-ring (bicyclic) bond motifs is 1. The van der Waals surface area contributed by atoms with E-state index in [0.29, 0.717) is 6.92 Å². The van der Waals surface area contributed by atoms with Gasteiger partial charge in [-0.1, -0.05) is 54.4 Å². The summed E-state index contributed by atoms with van der Waals surface area (Å²) in [7, 11) is 1.00. The second-order valence-electron chi connectivity index (χ2n) is 10.5. The van der Waals surface area contributed by atoms with Crippen molar-refractivity contribution in [1.29, 1.82) is 0 Å². The molecule has 1 aliphatic rings. The van der Waals surface area contributed by atoms with Gasteiger partial charge >= 0.3 is 6.18 Å². The van der Waals surface area contributed by atoms with Gasteiger partial charge < -0.3 is 19.1 Å². The number of carbonyl (C=O) groups is 1. The predicted molar refractivity (Wildman–Crippen MR) is 198 cm³/mol. The van der Waals surface area contributed by atoms with Gasteiger partial charge in [0.2, 0.25) is 5.91 Å². The van der Waals surface area contributed by atoms with Crippen molar-refractivity contribution in [3.63, 3.8) is 0 Å². The van der Waals surface area contributed by atoms with Crippen LogP contribution in [0.25, 0.3) is 22.0 Å². The molecule has 278 valence electrons. The largest absolute Gasteiger partial charge is 0.416 e. The van der Waals surface area contributed by atoms with Crippen LogP contribution in [0.3, 0.4) is 0 Å². The number of para-hydroxylation sites is 1. The minimum atomic E-state index is -5.54. The zero-order valence-corrected chi connectivity index (χ0v) is 27.8. The van der Waals surface area contributed by atoms with E-state index in [-0.39, 0.29) is 9.47 Å². The van der Waals surface area contributed by atoms with Gasteiger partial charge in [0.25, 0.3) is 0 Å². The van der Waals surface area contributed by atoms with Gasteiger partial charge in [0.05, 0.1) is 47.4 Å². The van der Waals surface area contributed by atoms with Crippen LogP contribution in [-0.2, 0) is 34.5 Å². The molecule has 5 aromatic rings. The van der Waals surface area contributed by atoms with E-state index < -0.39 is 249 Å². The van der Waals surface area contributed by atoms with Gasteiger partial charge in [0, 0.05) is 75.6 Å². The Labute approximate surface area is 348 Å². The molecule has 2 heterocycles. The van der Waals surface area contributed by atoms with Gasteiger partial charge in [0.15, 0.2) is 17.1 Å². The molecule has 0 radical (unpaired) electrons. The number of halogens is 5. The lowest BCUT2D eigenvalue weighted by Gasteiger charge is -2.39. The van der Waals surface area contributed by atoms with Crippen LogP contribution in [0.15, 0.2) is 100 Å². The molecule has 0 aliphatic carbocycles. The number of benzene rings is 4. The monoisotopic (exact) mass is 777 g/mol. The van der Waals surface area contributed by atoms with Crippen LogP contribution in [0.4, 0.5) is 22.0 Å². The molecular formula is C41H40F5N3O3S. The number of thioether (sulfide) groups is 1. The van der Waals surface area contributed by atoms with E-state index in [0.717, 1.165) is 7.11 Å². The van der Waals surface area contributed by atoms with Crippen molar-refractivity contribution in [2.24, 2.45) is 0 Å². The molecule has 6 rings (SSSR count). The third kappa shape index (κ3) is 9.00.